The van der Waals surface area contributed by atoms with Crippen LogP contribution in [0.1, 0.15) is 25.7 Å². The summed E-state index contributed by atoms with van der Waals surface area (Å²) >= 11 is 2.00. The number of rotatable bonds is 10. The Kier molecular flexibility index (Phi) is 10.9. The van der Waals surface area contributed by atoms with Crippen LogP contribution < -0.4 is 9.47 Å². The van der Waals surface area contributed by atoms with E-state index < -0.39 is 20.0 Å². The van der Waals surface area contributed by atoms with Crippen molar-refractivity contribution in [3.8, 4) is 11.8 Å². The Morgan fingerprint density at radius 3 is 1.67 bits per heavy atom. The first kappa shape index (κ1) is 36.2. The summed E-state index contributed by atoms with van der Waals surface area (Å²) in [5, 5.41) is 1.22. The largest absolute Gasteiger partial charge is 0.477 e. The molecule has 0 aliphatic heterocycles. The molecule has 0 N–H and O–H groups in total. The average Bonchev–Trinajstić information content (AvgIpc) is 4.02. The first-order valence-corrected chi connectivity index (χ1v) is 18.9. The quantitative estimate of drug-likeness (QED) is 0.112. The van der Waals surface area contributed by atoms with Crippen LogP contribution in [-0.2, 0) is 20.0 Å². The second-order valence-electron chi connectivity index (χ2n) is 11.3. The van der Waals surface area contributed by atoms with Gasteiger partial charge in [-0.3, -0.25) is 0 Å². The van der Waals surface area contributed by atoms with Gasteiger partial charge in [0.15, 0.2) is 11.3 Å². The second kappa shape index (κ2) is 14.8. The smallest absolute Gasteiger partial charge is 0.270 e. The van der Waals surface area contributed by atoms with Gasteiger partial charge in [0, 0.05) is 6.20 Å². The highest BCUT2D eigenvalue weighted by Gasteiger charge is 2.27. The zero-order valence-corrected chi connectivity index (χ0v) is 30.7. The zero-order valence-electron chi connectivity index (χ0n) is 26.9. The van der Waals surface area contributed by atoms with Gasteiger partial charge in [-0.1, -0.05) is 36.4 Å². The third kappa shape index (κ3) is 7.57. The lowest BCUT2D eigenvalue weighted by Crippen LogP contribution is -2.15. The fourth-order valence-electron chi connectivity index (χ4n) is 4.86. The number of hydrogen-bond acceptors (Lipinski definition) is 10. The van der Waals surface area contributed by atoms with Gasteiger partial charge in [0.2, 0.25) is 11.8 Å². The number of fused-ring (bicyclic) bond motifs is 2. The summed E-state index contributed by atoms with van der Waals surface area (Å²) in [7, 11) is -7.41. The van der Waals surface area contributed by atoms with E-state index in [1.54, 1.807) is 72.8 Å². The number of aromatic nitrogens is 6. The molecule has 49 heavy (non-hydrogen) atoms. The molecule has 15 heteroatoms. The Balaban J connectivity index is 0.000000184. The lowest BCUT2D eigenvalue weighted by atomic mass is 10.4. The highest BCUT2D eigenvalue weighted by Crippen LogP contribution is 2.34. The van der Waals surface area contributed by atoms with E-state index in [9.17, 15) is 16.8 Å². The van der Waals surface area contributed by atoms with E-state index in [1.165, 1.54) is 52.5 Å². The van der Waals surface area contributed by atoms with Crippen LogP contribution in [0, 0.1) is 30.4 Å². The van der Waals surface area contributed by atoms with Crippen molar-refractivity contribution in [2.75, 3.05) is 13.2 Å². The van der Waals surface area contributed by atoms with Crippen LogP contribution in [0.5, 0.6) is 11.8 Å². The molecule has 2 fully saturated rings. The Labute approximate surface area is 299 Å². The molecular weight excluding hydrogens is 779 g/mol. The monoisotopic (exact) mass is 814 g/mol. The van der Waals surface area contributed by atoms with Crippen LogP contribution in [0.2, 0.25) is 0 Å². The number of benzene rings is 2. The summed E-state index contributed by atoms with van der Waals surface area (Å²) in [6, 6.07) is 20.0. The Morgan fingerprint density at radius 2 is 1.14 bits per heavy atom. The molecule has 0 radical (unpaired) electrons. The van der Waals surface area contributed by atoms with Crippen molar-refractivity contribution >= 4 is 64.7 Å². The normalized spacial score (nSPS) is 14.3. The van der Waals surface area contributed by atoms with Crippen molar-refractivity contribution in [1.29, 1.82) is 0 Å². The molecule has 0 amide bonds. The minimum Gasteiger partial charge on any atom is -0.477 e. The molecule has 0 spiro atoms. The van der Waals surface area contributed by atoms with Crippen molar-refractivity contribution in [2.45, 2.75) is 35.5 Å². The zero-order chi connectivity index (χ0) is 32.6. The van der Waals surface area contributed by atoms with Gasteiger partial charge in [0.25, 0.3) is 20.0 Å². The highest BCUT2D eigenvalue weighted by atomic mass is 127. The Bertz CT molecular complexity index is 2270. The lowest BCUT2D eigenvalue weighted by molar-refractivity contribution is 0.292. The van der Waals surface area contributed by atoms with Gasteiger partial charge in [-0.2, -0.15) is 0 Å². The summed E-state index contributed by atoms with van der Waals surface area (Å²) in [6.45, 7) is 1.22. The molecule has 2 aromatic carbocycles. The molecule has 4 heterocycles. The molecule has 6 aromatic rings. The molecule has 0 unspecified atom stereocenters. The van der Waals surface area contributed by atoms with Crippen molar-refractivity contribution in [1.82, 2.24) is 27.9 Å². The molecule has 2 aliphatic rings. The van der Waals surface area contributed by atoms with Gasteiger partial charge in [0.1, 0.15) is 12.7 Å². The number of nitrogens with zero attached hydrogens (tertiary/aromatic N) is 6. The van der Waals surface area contributed by atoms with Crippen molar-refractivity contribution < 1.29 is 26.3 Å². The predicted octanol–water partition coefficient (Wildman–Crippen LogP) is 6.42. The molecule has 0 atom stereocenters. The summed E-state index contributed by atoms with van der Waals surface area (Å²) in [6.07, 6.45) is 8.88. The maximum absolute atomic E-state index is 13.0. The van der Waals surface area contributed by atoms with E-state index in [1.807, 2.05) is 22.6 Å². The average molecular weight is 815 g/mol. The molecule has 4 aromatic heterocycles. The Morgan fingerprint density at radius 1 is 0.653 bits per heavy atom. The van der Waals surface area contributed by atoms with Gasteiger partial charge in [-0.25, -0.2) is 44.7 Å². The van der Waals surface area contributed by atoms with E-state index in [0.29, 0.717) is 62.6 Å². The van der Waals surface area contributed by atoms with E-state index >= 15 is 0 Å². The van der Waals surface area contributed by atoms with E-state index in [-0.39, 0.29) is 24.6 Å². The second-order valence-corrected chi connectivity index (χ2v) is 16.0. The molecule has 0 saturated heterocycles. The van der Waals surface area contributed by atoms with Crippen molar-refractivity contribution in [3.05, 3.63) is 110 Å². The molecule has 2 aliphatic carbocycles. The van der Waals surface area contributed by atoms with Gasteiger partial charge >= 0.3 is 0 Å². The van der Waals surface area contributed by atoms with Crippen LogP contribution in [-0.4, -0.2) is 57.9 Å². The fourth-order valence-corrected chi connectivity index (χ4v) is 8.87. The van der Waals surface area contributed by atoms with Crippen LogP contribution >= 0.6 is 22.6 Å². The summed E-state index contributed by atoms with van der Waals surface area (Å²) in [5.74, 6) is 2.05. The van der Waals surface area contributed by atoms with Crippen LogP contribution in [0.4, 0.5) is 0 Å². The number of hydrogen-bond donors (Lipinski definition) is 0. The number of halogens is 1. The third-order valence-corrected chi connectivity index (χ3v) is 12.3. The summed E-state index contributed by atoms with van der Waals surface area (Å²) in [5.41, 5.74) is 0.665. The molecule has 258 valence electrons. The first-order valence-electron chi connectivity index (χ1n) is 14.9. The molecule has 8 rings (SSSR count). The van der Waals surface area contributed by atoms with E-state index in [2.05, 4.69) is 19.9 Å². The fraction of sp³-hybridized carbons (Fsp3) is 0.235. The summed E-state index contributed by atoms with van der Waals surface area (Å²) < 4.78 is 65.9. The third-order valence-electron chi connectivity index (χ3n) is 7.77. The van der Waals surface area contributed by atoms with Gasteiger partial charge in [-0.15, -0.1) is 0 Å². The standard InChI is InChI=1S/C16H14IN3O3S.C16H15N3O3S.2CH3/c17-14-8-13-15(18-10-19-16(13)23-9-11-6-7-11)20(14)24(21,22)12-4-2-1-3-5-12;20-23(21,13-4-2-1-3-5-13)19-9-8-14-15(19)17-11-18-16(14)22-10-12-6-7-12;;/h1-5,8,10-11H,6-7,9H2;1-5,8-9,11-12H,6-7,10H2;2*1H3/q;;2*-1. The number of ether oxygens (including phenoxy) is 2. The van der Waals surface area contributed by atoms with Crippen molar-refractivity contribution in [2.24, 2.45) is 11.8 Å². The van der Waals surface area contributed by atoms with Crippen LogP contribution in [0.25, 0.3) is 22.1 Å². The first-order chi connectivity index (χ1) is 22.7. The predicted molar refractivity (Wildman–Crippen MR) is 195 cm³/mol. The highest BCUT2D eigenvalue weighted by molar-refractivity contribution is 14.1. The topological polar surface area (TPSA) is 148 Å². The van der Waals surface area contributed by atoms with Crippen LogP contribution in [0.3, 0.4) is 0 Å². The van der Waals surface area contributed by atoms with Crippen molar-refractivity contribution in [3.63, 3.8) is 0 Å². The van der Waals surface area contributed by atoms with Crippen LogP contribution in [0.15, 0.2) is 101 Å². The SMILES string of the molecule is O=S(=O)(c1ccccc1)n1c(I)cc2c(OCC3CC3)ncnc21.O=S(=O)(c1ccccc1)n1ccc2c(OCC3CC3)ncnc21.[CH3-].[CH3-]. The van der Waals surface area contributed by atoms with E-state index in [4.69, 9.17) is 9.47 Å². The lowest BCUT2D eigenvalue weighted by Gasteiger charge is -2.09. The molecular formula is C34H35IN6O6S2-2. The van der Waals surface area contributed by atoms with E-state index in [0.717, 1.165) is 0 Å². The minimum absolute atomic E-state index is 0. The molecule has 0 bridgehead atoms. The maximum atomic E-state index is 13.0. The Hall–Kier alpha value is -4.09. The summed E-state index contributed by atoms with van der Waals surface area (Å²) in [4.78, 5) is 17.1. The van der Waals surface area contributed by atoms with Gasteiger partial charge in [0.05, 0.1) is 37.5 Å². The van der Waals surface area contributed by atoms with Gasteiger partial charge in [-0.05, 0) is 96.5 Å². The molecule has 2 saturated carbocycles. The molecule has 12 nitrogen and oxygen atoms in total. The van der Waals surface area contributed by atoms with Gasteiger partial charge < -0.3 is 24.3 Å². The maximum Gasteiger partial charge on any atom is 0.270 e. The minimum atomic E-state index is -3.73.